The summed E-state index contributed by atoms with van der Waals surface area (Å²) in [4.78, 5) is 0. The number of anilines is 2. The van der Waals surface area contributed by atoms with Crippen LogP contribution in [0.25, 0.3) is 11.1 Å². The van der Waals surface area contributed by atoms with Crippen LogP contribution >= 0.6 is 0 Å². The zero-order valence-electron chi connectivity index (χ0n) is 9.63. The first-order chi connectivity index (χ1) is 8.80. The van der Waals surface area contributed by atoms with Crippen molar-refractivity contribution in [2.24, 2.45) is 0 Å². The summed E-state index contributed by atoms with van der Waals surface area (Å²) in [6.07, 6.45) is -4.64. The van der Waals surface area contributed by atoms with Gasteiger partial charge in [-0.1, -0.05) is 12.1 Å². The highest BCUT2D eigenvalue weighted by Crippen LogP contribution is 2.43. The molecule has 2 rings (SSSR count). The van der Waals surface area contributed by atoms with E-state index >= 15 is 0 Å². The Bertz CT molecular complexity index is 603. The number of benzene rings is 2. The van der Waals surface area contributed by atoms with Crippen molar-refractivity contribution in [1.82, 2.24) is 0 Å². The maximum Gasteiger partial charge on any atom is 0.419 e. The second-order valence-electron chi connectivity index (χ2n) is 4.00. The molecule has 0 unspecified atom stereocenters. The lowest BCUT2D eigenvalue weighted by Crippen LogP contribution is -2.12. The predicted molar refractivity (Wildman–Crippen MR) is 65.7 cm³/mol. The van der Waals surface area contributed by atoms with E-state index in [2.05, 4.69) is 0 Å². The summed E-state index contributed by atoms with van der Waals surface area (Å²) in [6.45, 7) is 0. The Morgan fingerprint density at radius 2 is 1.32 bits per heavy atom. The molecule has 100 valence electrons. The van der Waals surface area contributed by atoms with Crippen molar-refractivity contribution in [2.75, 3.05) is 11.5 Å². The highest BCUT2D eigenvalue weighted by atomic mass is 19.4. The van der Waals surface area contributed by atoms with Gasteiger partial charge in [0.05, 0.1) is 5.56 Å². The van der Waals surface area contributed by atoms with Crippen LogP contribution in [-0.2, 0) is 6.18 Å². The van der Waals surface area contributed by atoms with Gasteiger partial charge in [-0.15, -0.1) is 0 Å². The summed E-state index contributed by atoms with van der Waals surface area (Å²) < 4.78 is 52.0. The van der Waals surface area contributed by atoms with Gasteiger partial charge in [0.2, 0.25) is 0 Å². The van der Waals surface area contributed by atoms with Gasteiger partial charge < -0.3 is 11.5 Å². The number of halogens is 4. The van der Waals surface area contributed by atoms with Crippen molar-refractivity contribution in [3.05, 3.63) is 47.8 Å². The monoisotopic (exact) mass is 270 g/mol. The van der Waals surface area contributed by atoms with Gasteiger partial charge in [-0.3, -0.25) is 0 Å². The fraction of sp³-hybridized carbons (Fsp3) is 0.0769. The minimum Gasteiger partial charge on any atom is -0.398 e. The average molecular weight is 270 g/mol. The van der Waals surface area contributed by atoms with E-state index in [1.54, 1.807) is 0 Å². The van der Waals surface area contributed by atoms with E-state index < -0.39 is 23.2 Å². The third-order valence-electron chi connectivity index (χ3n) is 2.69. The molecular weight excluding hydrogens is 260 g/mol. The van der Waals surface area contributed by atoms with Gasteiger partial charge in [0.1, 0.15) is 5.82 Å². The lowest BCUT2D eigenvalue weighted by atomic mass is 9.96. The number of nitrogens with two attached hydrogens (primary N) is 2. The number of hydrogen-bond donors (Lipinski definition) is 2. The van der Waals surface area contributed by atoms with Crippen molar-refractivity contribution < 1.29 is 17.6 Å². The van der Waals surface area contributed by atoms with Crippen LogP contribution in [-0.4, -0.2) is 0 Å². The summed E-state index contributed by atoms with van der Waals surface area (Å²) in [5.74, 6) is -0.542. The standard InChI is InChI=1S/C13H10F4N2/c14-8-3-1-7(2-4-8)11-9(18)5-6-10(19)12(11)13(15,16)17/h1-6H,18-19H2. The fourth-order valence-corrected chi connectivity index (χ4v) is 1.87. The Balaban J connectivity index is 2.75. The van der Waals surface area contributed by atoms with Crippen molar-refractivity contribution in [3.8, 4) is 11.1 Å². The first-order valence-corrected chi connectivity index (χ1v) is 5.32. The summed E-state index contributed by atoms with van der Waals surface area (Å²) in [5, 5.41) is 0. The molecule has 2 aromatic carbocycles. The molecule has 0 aromatic heterocycles. The van der Waals surface area contributed by atoms with Crippen LogP contribution in [0.1, 0.15) is 5.56 Å². The molecule has 19 heavy (non-hydrogen) atoms. The van der Waals surface area contributed by atoms with E-state index in [1.165, 1.54) is 18.2 Å². The van der Waals surface area contributed by atoms with E-state index in [-0.39, 0.29) is 16.8 Å². The normalized spacial score (nSPS) is 11.6. The maximum atomic E-state index is 13.0. The summed E-state index contributed by atoms with van der Waals surface area (Å²) in [6, 6.07) is 7.00. The molecule has 0 radical (unpaired) electrons. The highest BCUT2D eigenvalue weighted by molar-refractivity contribution is 5.84. The quantitative estimate of drug-likeness (QED) is 0.613. The molecule has 0 saturated carbocycles. The zero-order chi connectivity index (χ0) is 14.2. The molecule has 0 aliphatic rings. The zero-order valence-corrected chi connectivity index (χ0v) is 9.63. The first-order valence-electron chi connectivity index (χ1n) is 5.32. The Morgan fingerprint density at radius 3 is 1.84 bits per heavy atom. The molecule has 0 atom stereocenters. The molecule has 0 amide bonds. The Labute approximate surface area is 106 Å². The van der Waals surface area contributed by atoms with Gasteiger partial charge in [-0.25, -0.2) is 4.39 Å². The number of alkyl halides is 3. The van der Waals surface area contributed by atoms with Gasteiger partial charge >= 0.3 is 6.18 Å². The SMILES string of the molecule is Nc1ccc(N)c(C(F)(F)F)c1-c1ccc(F)cc1. The second kappa shape index (κ2) is 4.46. The van der Waals surface area contributed by atoms with Crippen LogP contribution in [0.4, 0.5) is 28.9 Å². The maximum absolute atomic E-state index is 13.0. The molecule has 0 spiro atoms. The van der Waals surface area contributed by atoms with Gasteiger partial charge in [-0.2, -0.15) is 13.2 Å². The molecule has 0 heterocycles. The number of nitrogen functional groups attached to an aromatic ring is 2. The average Bonchev–Trinajstić information content (AvgIpc) is 2.31. The molecule has 6 heteroatoms. The Hall–Kier alpha value is -2.24. The van der Waals surface area contributed by atoms with Gasteiger partial charge in [-0.05, 0) is 29.8 Å². The van der Waals surface area contributed by atoms with Crippen LogP contribution < -0.4 is 11.5 Å². The van der Waals surface area contributed by atoms with Crippen molar-refractivity contribution in [2.45, 2.75) is 6.18 Å². The lowest BCUT2D eigenvalue weighted by Gasteiger charge is -2.17. The van der Waals surface area contributed by atoms with Gasteiger partial charge in [0.25, 0.3) is 0 Å². The van der Waals surface area contributed by atoms with E-state index in [1.807, 2.05) is 0 Å². The molecule has 0 aliphatic heterocycles. The van der Waals surface area contributed by atoms with Gasteiger partial charge in [0.15, 0.2) is 0 Å². The number of hydrogen-bond acceptors (Lipinski definition) is 2. The lowest BCUT2D eigenvalue weighted by molar-refractivity contribution is -0.136. The summed E-state index contributed by atoms with van der Waals surface area (Å²) in [7, 11) is 0. The molecule has 2 aromatic rings. The van der Waals surface area contributed by atoms with Crippen molar-refractivity contribution in [1.29, 1.82) is 0 Å². The number of rotatable bonds is 1. The topological polar surface area (TPSA) is 52.0 Å². The van der Waals surface area contributed by atoms with E-state index in [0.29, 0.717) is 0 Å². The first kappa shape index (κ1) is 13.2. The molecule has 0 bridgehead atoms. The largest absolute Gasteiger partial charge is 0.419 e. The van der Waals surface area contributed by atoms with E-state index in [0.717, 1.165) is 18.2 Å². The minimum atomic E-state index is -4.64. The summed E-state index contributed by atoms with van der Waals surface area (Å²) in [5.41, 5.74) is 9.46. The predicted octanol–water partition coefficient (Wildman–Crippen LogP) is 3.68. The molecule has 2 nitrogen and oxygen atoms in total. The Kier molecular flexibility index (Phi) is 3.09. The smallest absolute Gasteiger partial charge is 0.398 e. The highest BCUT2D eigenvalue weighted by Gasteiger charge is 2.37. The van der Waals surface area contributed by atoms with E-state index in [9.17, 15) is 17.6 Å². The van der Waals surface area contributed by atoms with E-state index in [4.69, 9.17) is 11.5 Å². The minimum absolute atomic E-state index is 0.0619. The van der Waals surface area contributed by atoms with Crippen LogP contribution in [0.15, 0.2) is 36.4 Å². The van der Waals surface area contributed by atoms with Gasteiger partial charge in [0, 0.05) is 16.9 Å². The molecule has 0 aliphatic carbocycles. The molecule has 0 saturated heterocycles. The third-order valence-corrected chi connectivity index (χ3v) is 2.69. The van der Waals surface area contributed by atoms with Crippen molar-refractivity contribution in [3.63, 3.8) is 0 Å². The molecule has 0 fully saturated rings. The molecule has 4 N–H and O–H groups in total. The van der Waals surface area contributed by atoms with Crippen LogP contribution in [0.2, 0.25) is 0 Å². The fourth-order valence-electron chi connectivity index (χ4n) is 1.87. The van der Waals surface area contributed by atoms with Crippen LogP contribution in [0.3, 0.4) is 0 Å². The van der Waals surface area contributed by atoms with Crippen molar-refractivity contribution >= 4 is 11.4 Å². The Morgan fingerprint density at radius 1 is 0.789 bits per heavy atom. The third kappa shape index (κ3) is 2.47. The molecular formula is C13H10F4N2. The van der Waals surface area contributed by atoms with Crippen LogP contribution in [0.5, 0.6) is 0 Å². The van der Waals surface area contributed by atoms with Crippen LogP contribution in [0, 0.1) is 5.82 Å². The summed E-state index contributed by atoms with van der Waals surface area (Å²) >= 11 is 0. The second-order valence-corrected chi connectivity index (χ2v) is 4.00.